The fourth-order valence-electron chi connectivity index (χ4n) is 0. The van der Waals surface area contributed by atoms with Gasteiger partial charge < -0.3 is 30.0 Å². The van der Waals surface area contributed by atoms with Gasteiger partial charge in [-0.3, -0.25) is 0 Å². The number of carboxylic acids is 2. The van der Waals surface area contributed by atoms with E-state index in [0.717, 1.165) is 26.7 Å². The molecule has 6 nitrogen and oxygen atoms in total. The van der Waals surface area contributed by atoms with E-state index in [1.54, 1.807) is 0 Å². The number of hydrogen-bond donors (Lipinski definition) is 2. The summed E-state index contributed by atoms with van der Waals surface area (Å²) in [7, 11) is 0. The van der Waals surface area contributed by atoms with Crippen molar-refractivity contribution in [2.45, 2.75) is 40.5 Å². The summed E-state index contributed by atoms with van der Waals surface area (Å²) >= 11 is 0. The number of carbonyl (C=O) groups is 2. The van der Waals surface area contributed by atoms with Crippen molar-refractivity contribution in [3.63, 3.8) is 0 Å². The average Bonchev–Trinajstić information content (AvgIpc) is 2.16. The fourth-order valence-corrected chi connectivity index (χ4v) is 0. The van der Waals surface area contributed by atoms with Crippen LogP contribution in [0.3, 0.4) is 0 Å². The summed E-state index contributed by atoms with van der Waals surface area (Å²) in [6.45, 7) is 6.44. The zero-order valence-corrected chi connectivity index (χ0v) is 14.5. The molecule has 0 aromatic carbocycles. The largest absolute Gasteiger partial charge is 4.00 e. The summed E-state index contributed by atoms with van der Waals surface area (Å²) in [5.41, 5.74) is 0. The third-order valence-electron chi connectivity index (χ3n) is 0.447. The van der Waals surface area contributed by atoms with Crippen LogP contribution in [-0.4, -0.2) is 35.4 Å². The van der Waals surface area contributed by atoms with Gasteiger partial charge in [-0.1, -0.05) is 13.8 Å². The second kappa shape index (κ2) is 43.3. The van der Waals surface area contributed by atoms with E-state index in [9.17, 15) is 0 Å². The molecular weight excluding hydrogens is 312 g/mol. The van der Waals surface area contributed by atoms with E-state index >= 15 is 0 Å². The topological polar surface area (TPSA) is 121 Å². The van der Waals surface area contributed by atoms with Gasteiger partial charge >= 0.3 is 43.4 Å². The van der Waals surface area contributed by atoms with E-state index in [0.29, 0.717) is 13.2 Å². The molecule has 0 aliphatic rings. The van der Waals surface area contributed by atoms with Crippen LogP contribution in [0.1, 0.15) is 40.5 Å². The molecule has 0 atom stereocenters. The Morgan fingerprint density at radius 1 is 0.889 bits per heavy atom. The minimum atomic E-state index is -1.08. The van der Waals surface area contributed by atoms with E-state index in [2.05, 4.69) is 0 Å². The predicted molar refractivity (Wildman–Crippen MR) is 56.1 cm³/mol. The van der Waals surface area contributed by atoms with Crippen LogP contribution >= 0.6 is 0 Å². The molecule has 0 spiro atoms. The molecule has 0 rings (SSSR count). The van der Waals surface area contributed by atoms with Gasteiger partial charge in [0.1, 0.15) is 0 Å². The van der Waals surface area contributed by atoms with Gasteiger partial charge in [-0.15, -0.1) is 0 Å². The van der Waals surface area contributed by atoms with Gasteiger partial charge in [0.05, 0.1) is 0 Å². The smallest absolute Gasteiger partial charge is 0.550 e. The minimum Gasteiger partial charge on any atom is -0.550 e. The quantitative estimate of drug-likeness (QED) is 0.580. The molecule has 0 aromatic rings. The first kappa shape index (κ1) is 36.2. The van der Waals surface area contributed by atoms with Crippen LogP contribution < -0.4 is 10.2 Å². The van der Waals surface area contributed by atoms with Crippen molar-refractivity contribution in [2.24, 2.45) is 0 Å². The van der Waals surface area contributed by atoms with Crippen LogP contribution in [0.5, 0.6) is 0 Å². The van der Waals surface area contributed by atoms with Crippen LogP contribution in [0.4, 0.5) is 0 Å². The molecule has 0 unspecified atom stereocenters. The third-order valence-corrected chi connectivity index (χ3v) is 0.447. The van der Waals surface area contributed by atoms with Gasteiger partial charge in [0.15, 0.2) is 0 Å². The molecule has 102 valence electrons. The number of carbonyl (C=O) groups excluding carboxylic acids is 2. The van der Waals surface area contributed by atoms with Gasteiger partial charge in [0.2, 0.25) is 0 Å². The first-order valence-electron chi connectivity index (χ1n) is 4.86. The maximum atomic E-state index is 8.89. The molecule has 18 heavy (non-hydrogen) atoms. The summed E-state index contributed by atoms with van der Waals surface area (Å²) in [6, 6.07) is 0. The van der Waals surface area contributed by atoms with Crippen LogP contribution in [0.25, 0.3) is 0 Å². The van der Waals surface area contributed by atoms with Crippen molar-refractivity contribution in [3.8, 4) is 0 Å². The van der Waals surface area contributed by atoms with Gasteiger partial charge in [-0.05, 0) is 26.7 Å². The maximum absolute atomic E-state index is 8.89. The van der Waals surface area contributed by atoms with Crippen molar-refractivity contribution in [2.75, 3.05) is 13.2 Å². The van der Waals surface area contributed by atoms with E-state index in [4.69, 9.17) is 30.0 Å². The Balaban J connectivity index is -0.0000000257. The fraction of sp³-hybridized carbons (Fsp3) is 0.800. The Labute approximate surface area is 139 Å². The second-order valence-electron chi connectivity index (χ2n) is 2.43. The number of carboxylic acid groups (broad SMARTS) is 2. The van der Waals surface area contributed by atoms with Gasteiger partial charge in [0, 0.05) is 25.2 Å². The maximum Gasteiger partial charge on any atom is 4.00 e. The van der Waals surface area contributed by atoms with Crippen molar-refractivity contribution in [1.82, 2.24) is 0 Å². The number of aliphatic hydroxyl groups is 2. The van der Waals surface area contributed by atoms with Crippen molar-refractivity contribution >= 4 is 11.9 Å². The average molecular weight is 334 g/mol. The van der Waals surface area contributed by atoms with Crippen LogP contribution in [-0.2, 0) is 53.0 Å². The molecule has 8 heteroatoms. The molecule has 0 heterocycles. The number of rotatable bonds is 2. The van der Waals surface area contributed by atoms with E-state index in [1.807, 2.05) is 13.8 Å². The Bertz CT molecular complexity index is 116. The van der Waals surface area contributed by atoms with Gasteiger partial charge in [0.25, 0.3) is 0 Å². The van der Waals surface area contributed by atoms with Crippen LogP contribution in [0.15, 0.2) is 0 Å². The Hall–Kier alpha value is 0.289. The van der Waals surface area contributed by atoms with Crippen LogP contribution in [0, 0.1) is 0 Å². The molecule has 0 radical (unpaired) electrons. The monoisotopic (exact) mass is 334 g/mol. The Morgan fingerprint density at radius 3 is 0.944 bits per heavy atom. The Morgan fingerprint density at radius 2 is 0.944 bits per heavy atom. The van der Waals surface area contributed by atoms with E-state index in [1.165, 1.54) is 0 Å². The molecular formula is C10H22O6Ti2+4. The molecule has 0 aliphatic heterocycles. The summed E-state index contributed by atoms with van der Waals surface area (Å²) in [4.78, 5) is 17.8. The molecule has 0 amide bonds. The number of aliphatic hydroxyl groups excluding tert-OH is 2. The number of aliphatic carboxylic acids is 2. The minimum absolute atomic E-state index is 0. The first-order chi connectivity index (χ1) is 7.29. The Kier molecular flexibility index (Phi) is 87.1. The van der Waals surface area contributed by atoms with E-state index in [-0.39, 0.29) is 43.4 Å². The number of hydrogen-bond acceptors (Lipinski definition) is 6. The van der Waals surface area contributed by atoms with Crippen molar-refractivity contribution in [3.05, 3.63) is 0 Å². The normalized spacial score (nSPS) is 6.11. The summed E-state index contributed by atoms with van der Waals surface area (Å²) in [5.74, 6) is -2.17. The third kappa shape index (κ3) is 727. The van der Waals surface area contributed by atoms with Gasteiger partial charge in [-0.2, -0.15) is 0 Å². The molecule has 0 saturated heterocycles. The predicted octanol–water partition coefficient (Wildman–Crippen LogP) is -1.72. The molecule has 0 saturated carbocycles. The molecule has 0 bridgehead atoms. The van der Waals surface area contributed by atoms with Crippen LogP contribution in [0.2, 0.25) is 0 Å². The molecule has 0 aliphatic carbocycles. The standard InChI is InChI=1S/2C3H8O.2C2H4O2.2Ti/c2*1-2-3-4;2*1-2(3)4;;/h2*4H,2-3H2,1H3;2*1H3,(H,3,4);;/q;;;;+2;+4/p-2. The van der Waals surface area contributed by atoms with Crippen molar-refractivity contribution < 1.29 is 73.5 Å². The SMILES string of the molecule is CC(=O)[O-].CC(=O)[O-].CCCO.CCCO.[Ti+2].[Ti+4]. The second-order valence-corrected chi connectivity index (χ2v) is 2.43. The summed E-state index contributed by atoms with van der Waals surface area (Å²) in [6.07, 6.45) is 1.75. The van der Waals surface area contributed by atoms with E-state index < -0.39 is 11.9 Å². The first-order valence-corrected chi connectivity index (χ1v) is 4.86. The van der Waals surface area contributed by atoms with Crippen molar-refractivity contribution in [1.29, 1.82) is 0 Å². The summed E-state index contributed by atoms with van der Waals surface area (Å²) < 4.78 is 0. The summed E-state index contributed by atoms with van der Waals surface area (Å²) in [5, 5.41) is 33.5. The zero-order valence-electron chi connectivity index (χ0n) is 11.4. The molecule has 2 N–H and O–H groups in total. The molecule has 0 aromatic heterocycles. The zero-order chi connectivity index (χ0) is 14.0. The molecule has 0 fully saturated rings. The van der Waals surface area contributed by atoms with Gasteiger partial charge in [-0.25, -0.2) is 0 Å².